The molecule has 2 aliphatic rings. The van der Waals surface area contributed by atoms with E-state index in [9.17, 15) is 9.59 Å². The van der Waals surface area contributed by atoms with E-state index >= 15 is 0 Å². The van der Waals surface area contributed by atoms with Crippen molar-refractivity contribution in [2.45, 2.75) is 31.7 Å². The summed E-state index contributed by atoms with van der Waals surface area (Å²) in [5.41, 5.74) is 1.95. The van der Waals surface area contributed by atoms with Gasteiger partial charge in [0.25, 0.3) is 5.91 Å². The third-order valence-corrected chi connectivity index (χ3v) is 5.51. The molecule has 2 fully saturated rings. The Kier molecular flexibility index (Phi) is 5.29. The lowest BCUT2D eigenvalue weighted by molar-refractivity contribution is -0.120. The maximum absolute atomic E-state index is 12.9. The van der Waals surface area contributed by atoms with Gasteiger partial charge in [0.2, 0.25) is 5.91 Å². The van der Waals surface area contributed by atoms with E-state index in [2.05, 4.69) is 20.2 Å². The number of nitrogens with one attached hydrogen (secondary N) is 1. The number of fused-ring (bicyclic) bond motifs is 1. The lowest BCUT2D eigenvalue weighted by Gasteiger charge is -2.29. The number of aromatic nitrogens is 2. The van der Waals surface area contributed by atoms with Crippen LogP contribution in [0.3, 0.4) is 0 Å². The van der Waals surface area contributed by atoms with E-state index < -0.39 is 0 Å². The number of hydrogen-bond donors (Lipinski definition) is 1. The molecule has 0 aliphatic carbocycles. The normalized spacial score (nSPS) is 22.1. The van der Waals surface area contributed by atoms with E-state index in [1.807, 2.05) is 29.2 Å². The van der Waals surface area contributed by atoms with Gasteiger partial charge in [0, 0.05) is 45.2 Å². The summed E-state index contributed by atoms with van der Waals surface area (Å²) in [6.45, 7) is 3.96. The van der Waals surface area contributed by atoms with E-state index in [4.69, 9.17) is 0 Å². The van der Waals surface area contributed by atoms with Crippen molar-refractivity contribution >= 4 is 22.8 Å². The third kappa shape index (κ3) is 4.08. The zero-order chi connectivity index (χ0) is 18.6. The molecule has 7 nitrogen and oxygen atoms in total. The molecule has 27 heavy (non-hydrogen) atoms. The first-order chi connectivity index (χ1) is 13.2. The Hall–Kier alpha value is -2.54. The molecule has 4 rings (SSSR count). The molecule has 3 heterocycles. The van der Waals surface area contributed by atoms with Crippen molar-refractivity contribution in [1.29, 1.82) is 0 Å². The molecular formula is C20H25N5O2. The van der Waals surface area contributed by atoms with Crippen molar-refractivity contribution in [2.75, 3.05) is 32.7 Å². The molecule has 2 amide bonds. The Labute approximate surface area is 158 Å². The maximum Gasteiger partial charge on any atom is 0.274 e. The third-order valence-electron chi connectivity index (χ3n) is 5.51. The van der Waals surface area contributed by atoms with Crippen LogP contribution in [0.1, 0.15) is 36.2 Å². The number of carbonyl (C=O) groups excluding carboxylic acids is 2. The Morgan fingerprint density at radius 1 is 1.07 bits per heavy atom. The number of hydrogen-bond acceptors (Lipinski definition) is 5. The summed E-state index contributed by atoms with van der Waals surface area (Å²) in [4.78, 5) is 37.7. The summed E-state index contributed by atoms with van der Waals surface area (Å²) in [6, 6.07) is 8.01. The molecule has 1 N–H and O–H groups in total. The Balaban J connectivity index is 1.42. The summed E-state index contributed by atoms with van der Waals surface area (Å²) >= 11 is 0. The largest absolute Gasteiger partial charge is 0.356 e. The first-order valence-corrected chi connectivity index (χ1v) is 9.72. The van der Waals surface area contributed by atoms with E-state index in [1.54, 1.807) is 6.20 Å². The predicted molar refractivity (Wildman–Crippen MR) is 102 cm³/mol. The fraction of sp³-hybridized carbons (Fsp3) is 0.500. The molecule has 2 saturated heterocycles. The highest BCUT2D eigenvalue weighted by atomic mass is 16.2. The summed E-state index contributed by atoms with van der Waals surface area (Å²) < 4.78 is 0. The molecule has 1 aromatic carbocycles. The van der Waals surface area contributed by atoms with Gasteiger partial charge in [-0.05, 0) is 31.4 Å². The molecule has 0 radical (unpaired) electrons. The zero-order valence-electron chi connectivity index (χ0n) is 15.4. The van der Waals surface area contributed by atoms with Crippen LogP contribution in [0.25, 0.3) is 11.0 Å². The molecular weight excluding hydrogens is 342 g/mol. The summed E-state index contributed by atoms with van der Waals surface area (Å²) in [6.07, 6.45) is 4.99. The predicted octanol–water partition coefficient (Wildman–Crippen LogP) is 1.45. The molecule has 2 aliphatic heterocycles. The molecule has 0 bridgehead atoms. The SMILES string of the molecule is O=C1CCC(N2CCCN(C(=O)c3cnc4ccccc4n3)CC2)CCN1. The summed E-state index contributed by atoms with van der Waals surface area (Å²) in [7, 11) is 0. The van der Waals surface area contributed by atoms with E-state index in [0.29, 0.717) is 24.7 Å². The van der Waals surface area contributed by atoms with Crippen LogP contribution in [0.2, 0.25) is 0 Å². The van der Waals surface area contributed by atoms with Crippen LogP contribution in [0.5, 0.6) is 0 Å². The maximum atomic E-state index is 12.9. The fourth-order valence-corrected chi connectivity index (χ4v) is 4.00. The van der Waals surface area contributed by atoms with Crippen molar-refractivity contribution in [1.82, 2.24) is 25.1 Å². The Bertz CT molecular complexity index is 840. The first-order valence-electron chi connectivity index (χ1n) is 9.72. The van der Waals surface area contributed by atoms with E-state index in [0.717, 1.165) is 56.5 Å². The molecule has 1 aromatic heterocycles. The molecule has 142 valence electrons. The Morgan fingerprint density at radius 2 is 1.93 bits per heavy atom. The van der Waals surface area contributed by atoms with Crippen molar-refractivity contribution < 1.29 is 9.59 Å². The van der Waals surface area contributed by atoms with Crippen molar-refractivity contribution in [3.05, 3.63) is 36.2 Å². The first kappa shape index (κ1) is 17.9. The average Bonchev–Trinajstić information content (AvgIpc) is 3.07. The van der Waals surface area contributed by atoms with Gasteiger partial charge in [0.1, 0.15) is 5.69 Å². The smallest absolute Gasteiger partial charge is 0.274 e. The van der Waals surface area contributed by atoms with Gasteiger partial charge in [-0.15, -0.1) is 0 Å². The minimum absolute atomic E-state index is 0.0483. The topological polar surface area (TPSA) is 78.4 Å². The van der Waals surface area contributed by atoms with Gasteiger partial charge in [0.05, 0.1) is 17.2 Å². The fourth-order valence-electron chi connectivity index (χ4n) is 4.00. The highest BCUT2D eigenvalue weighted by molar-refractivity contribution is 5.93. The van der Waals surface area contributed by atoms with Crippen molar-refractivity contribution in [2.24, 2.45) is 0 Å². The van der Waals surface area contributed by atoms with Crippen molar-refractivity contribution in [3.8, 4) is 0 Å². The summed E-state index contributed by atoms with van der Waals surface area (Å²) in [5, 5.41) is 2.95. The van der Waals surface area contributed by atoms with Crippen LogP contribution >= 0.6 is 0 Å². The number of para-hydroxylation sites is 2. The molecule has 0 saturated carbocycles. The van der Waals surface area contributed by atoms with E-state index in [-0.39, 0.29) is 11.8 Å². The quantitative estimate of drug-likeness (QED) is 0.869. The number of amides is 2. The van der Waals surface area contributed by atoms with Gasteiger partial charge in [-0.3, -0.25) is 19.5 Å². The highest BCUT2D eigenvalue weighted by Crippen LogP contribution is 2.17. The van der Waals surface area contributed by atoms with Gasteiger partial charge in [-0.1, -0.05) is 12.1 Å². The monoisotopic (exact) mass is 367 g/mol. The molecule has 1 atom stereocenters. The molecule has 2 aromatic rings. The number of nitrogens with zero attached hydrogens (tertiary/aromatic N) is 4. The highest BCUT2D eigenvalue weighted by Gasteiger charge is 2.27. The second-order valence-corrected chi connectivity index (χ2v) is 7.26. The van der Waals surface area contributed by atoms with Crippen LogP contribution < -0.4 is 5.32 Å². The second-order valence-electron chi connectivity index (χ2n) is 7.26. The van der Waals surface area contributed by atoms with Gasteiger partial charge < -0.3 is 10.2 Å². The minimum atomic E-state index is -0.0483. The van der Waals surface area contributed by atoms with Crippen LogP contribution in [0.4, 0.5) is 0 Å². The van der Waals surface area contributed by atoms with Crippen LogP contribution in [-0.4, -0.2) is 70.3 Å². The van der Waals surface area contributed by atoms with Gasteiger partial charge >= 0.3 is 0 Å². The molecule has 1 unspecified atom stereocenters. The minimum Gasteiger partial charge on any atom is -0.356 e. The second kappa shape index (κ2) is 8.00. The standard InChI is InChI=1S/C20H25N5O2/c26-19-7-6-15(8-9-21-19)24-10-3-11-25(13-12-24)20(27)18-14-22-16-4-1-2-5-17(16)23-18/h1-2,4-5,14-15H,3,6-13H2,(H,21,26). The van der Waals surface area contributed by atoms with Gasteiger partial charge in [-0.25, -0.2) is 4.98 Å². The lowest BCUT2D eigenvalue weighted by Crippen LogP contribution is -2.40. The van der Waals surface area contributed by atoms with Crippen LogP contribution in [-0.2, 0) is 4.79 Å². The lowest BCUT2D eigenvalue weighted by atomic mass is 10.1. The van der Waals surface area contributed by atoms with Crippen molar-refractivity contribution in [3.63, 3.8) is 0 Å². The number of rotatable bonds is 2. The molecule has 7 heteroatoms. The van der Waals surface area contributed by atoms with Crippen LogP contribution in [0.15, 0.2) is 30.5 Å². The zero-order valence-corrected chi connectivity index (χ0v) is 15.4. The Morgan fingerprint density at radius 3 is 2.81 bits per heavy atom. The molecule has 0 spiro atoms. The average molecular weight is 367 g/mol. The van der Waals surface area contributed by atoms with Crippen LogP contribution in [0, 0.1) is 0 Å². The van der Waals surface area contributed by atoms with Gasteiger partial charge in [-0.2, -0.15) is 0 Å². The van der Waals surface area contributed by atoms with Gasteiger partial charge in [0.15, 0.2) is 0 Å². The number of benzene rings is 1. The summed E-state index contributed by atoms with van der Waals surface area (Å²) in [5.74, 6) is 0.104. The number of carbonyl (C=O) groups is 2. The van der Waals surface area contributed by atoms with E-state index in [1.165, 1.54) is 0 Å².